The minimum Gasteiger partial charge on any atom is -0.491 e. The molecule has 4 heteroatoms. The average Bonchev–Trinajstić information content (AvgIpc) is 2.59. The lowest BCUT2D eigenvalue weighted by molar-refractivity contribution is 0.201. The number of hydrogen-bond acceptors (Lipinski definition) is 3. The van der Waals surface area contributed by atoms with Crippen LogP contribution in [0.3, 0.4) is 0 Å². The smallest absolute Gasteiger partial charge is 0.120 e. The van der Waals surface area contributed by atoms with Gasteiger partial charge in [-0.25, -0.2) is 0 Å². The van der Waals surface area contributed by atoms with E-state index in [1.807, 2.05) is 12.1 Å². The molecule has 3 nitrogen and oxygen atoms in total. The highest BCUT2D eigenvalue weighted by Gasteiger charge is 2.19. The van der Waals surface area contributed by atoms with E-state index in [0.717, 1.165) is 16.8 Å². The Kier molecular flexibility index (Phi) is 5.70. The molecule has 0 spiro atoms. The first-order valence-corrected chi connectivity index (χ1v) is 8.90. The number of fused-ring (bicyclic) bond motifs is 1. The lowest BCUT2D eigenvalue weighted by atomic mass is 9.87. The molecular formula is C19H22BrNO2. The zero-order valence-electron chi connectivity index (χ0n) is 13.1. The van der Waals surface area contributed by atoms with E-state index in [-0.39, 0.29) is 6.61 Å². The highest BCUT2D eigenvalue weighted by atomic mass is 79.9. The predicted octanol–water partition coefficient (Wildman–Crippen LogP) is 3.99. The maximum Gasteiger partial charge on any atom is 0.120 e. The maximum atomic E-state index is 8.81. The first kappa shape index (κ1) is 16.5. The normalized spacial score (nSPS) is 16.9. The van der Waals surface area contributed by atoms with Gasteiger partial charge >= 0.3 is 0 Å². The molecule has 0 amide bonds. The van der Waals surface area contributed by atoms with Gasteiger partial charge in [0.2, 0.25) is 0 Å². The van der Waals surface area contributed by atoms with Crippen LogP contribution in [0.25, 0.3) is 0 Å². The van der Waals surface area contributed by atoms with Crippen LogP contribution in [0.15, 0.2) is 46.9 Å². The number of nitrogens with one attached hydrogen (secondary N) is 1. The Balaban J connectivity index is 1.65. The minimum atomic E-state index is 0.0298. The van der Waals surface area contributed by atoms with Crippen molar-refractivity contribution in [3.8, 4) is 5.75 Å². The Labute approximate surface area is 145 Å². The summed E-state index contributed by atoms with van der Waals surface area (Å²) in [6.07, 6.45) is 3.62. The number of halogens is 1. The number of hydrogen-bond donors (Lipinski definition) is 2. The fourth-order valence-corrected chi connectivity index (χ4v) is 3.62. The molecule has 0 saturated carbocycles. The number of ether oxygens (including phenoxy) is 1. The van der Waals surface area contributed by atoms with Gasteiger partial charge in [-0.05, 0) is 48.1 Å². The largest absolute Gasteiger partial charge is 0.491 e. The van der Waals surface area contributed by atoms with Crippen LogP contribution in [0.5, 0.6) is 5.75 Å². The van der Waals surface area contributed by atoms with Crippen molar-refractivity contribution in [2.75, 3.05) is 13.2 Å². The Hall–Kier alpha value is -1.36. The summed E-state index contributed by atoms with van der Waals surface area (Å²) >= 11 is 3.61. The molecule has 0 saturated heterocycles. The van der Waals surface area contributed by atoms with Gasteiger partial charge in [0.1, 0.15) is 12.4 Å². The van der Waals surface area contributed by atoms with Gasteiger partial charge in [-0.2, -0.15) is 0 Å². The summed E-state index contributed by atoms with van der Waals surface area (Å²) in [5, 5.41) is 12.5. The number of aliphatic hydroxyl groups is 1. The molecule has 0 aliphatic heterocycles. The second-order valence-electron chi connectivity index (χ2n) is 5.85. The van der Waals surface area contributed by atoms with Crippen molar-refractivity contribution in [2.24, 2.45) is 0 Å². The number of aryl methyl sites for hydroxylation is 1. The molecule has 0 unspecified atom stereocenters. The second kappa shape index (κ2) is 7.95. The van der Waals surface area contributed by atoms with E-state index in [2.05, 4.69) is 51.6 Å². The van der Waals surface area contributed by atoms with E-state index in [1.165, 1.54) is 36.0 Å². The molecule has 1 aliphatic carbocycles. The Morgan fingerprint density at radius 1 is 1.22 bits per heavy atom. The molecule has 0 heterocycles. The highest BCUT2D eigenvalue weighted by molar-refractivity contribution is 9.10. The highest BCUT2D eigenvalue weighted by Crippen LogP contribution is 2.30. The fraction of sp³-hybridized carbons (Fsp3) is 0.368. The van der Waals surface area contributed by atoms with Crippen LogP contribution in [0.1, 0.15) is 35.6 Å². The topological polar surface area (TPSA) is 41.5 Å². The SMILES string of the molecule is OCCOc1ccc(CN[C@H]2CCCc3ccccc32)c(Br)c1. The quantitative estimate of drug-likeness (QED) is 0.801. The first-order valence-electron chi connectivity index (χ1n) is 8.11. The third-order valence-corrected chi connectivity index (χ3v) is 5.03. The van der Waals surface area contributed by atoms with Gasteiger partial charge in [-0.15, -0.1) is 0 Å². The maximum absolute atomic E-state index is 8.81. The van der Waals surface area contributed by atoms with E-state index in [0.29, 0.717) is 12.6 Å². The van der Waals surface area contributed by atoms with Crippen LogP contribution in [0.4, 0.5) is 0 Å². The molecule has 2 aromatic rings. The second-order valence-corrected chi connectivity index (χ2v) is 6.70. The van der Waals surface area contributed by atoms with Crippen molar-refractivity contribution < 1.29 is 9.84 Å². The number of rotatable bonds is 6. The molecule has 3 rings (SSSR count). The lowest BCUT2D eigenvalue weighted by Crippen LogP contribution is -2.25. The van der Waals surface area contributed by atoms with Crippen molar-refractivity contribution >= 4 is 15.9 Å². The van der Waals surface area contributed by atoms with Crippen LogP contribution in [-0.2, 0) is 13.0 Å². The van der Waals surface area contributed by atoms with Crippen LogP contribution < -0.4 is 10.1 Å². The molecule has 23 heavy (non-hydrogen) atoms. The van der Waals surface area contributed by atoms with Gasteiger partial charge in [-0.3, -0.25) is 0 Å². The van der Waals surface area contributed by atoms with Gasteiger partial charge in [0, 0.05) is 17.1 Å². The van der Waals surface area contributed by atoms with Crippen LogP contribution >= 0.6 is 15.9 Å². The Morgan fingerprint density at radius 2 is 2.09 bits per heavy atom. The van der Waals surface area contributed by atoms with Crippen molar-refractivity contribution in [3.63, 3.8) is 0 Å². The molecule has 2 N–H and O–H groups in total. The summed E-state index contributed by atoms with van der Waals surface area (Å²) in [5.41, 5.74) is 4.13. The zero-order valence-corrected chi connectivity index (χ0v) is 14.7. The van der Waals surface area contributed by atoms with E-state index in [9.17, 15) is 0 Å². The standard InChI is InChI=1S/C19H22BrNO2/c20-18-12-16(23-11-10-22)9-8-15(18)13-21-19-7-3-5-14-4-1-2-6-17(14)19/h1-2,4,6,8-9,12,19,21-22H,3,5,7,10-11,13H2/t19-/m0/s1. The molecule has 1 atom stereocenters. The van der Waals surface area contributed by atoms with E-state index in [4.69, 9.17) is 9.84 Å². The van der Waals surface area contributed by atoms with Crippen molar-refractivity contribution in [1.29, 1.82) is 0 Å². The summed E-state index contributed by atoms with van der Waals surface area (Å²) in [4.78, 5) is 0. The van der Waals surface area contributed by atoms with Crippen molar-refractivity contribution in [2.45, 2.75) is 31.8 Å². The van der Waals surface area contributed by atoms with E-state index >= 15 is 0 Å². The van der Waals surface area contributed by atoms with Gasteiger partial charge in [0.25, 0.3) is 0 Å². The molecular weight excluding hydrogens is 354 g/mol. The summed E-state index contributed by atoms with van der Waals surface area (Å²) in [5.74, 6) is 0.776. The minimum absolute atomic E-state index is 0.0298. The Morgan fingerprint density at radius 3 is 2.91 bits per heavy atom. The van der Waals surface area contributed by atoms with Crippen LogP contribution in [-0.4, -0.2) is 18.3 Å². The molecule has 0 radical (unpaired) electrons. The zero-order chi connectivity index (χ0) is 16.1. The van der Waals surface area contributed by atoms with E-state index < -0.39 is 0 Å². The molecule has 1 aliphatic rings. The van der Waals surface area contributed by atoms with E-state index in [1.54, 1.807) is 0 Å². The summed E-state index contributed by atoms with van der Waals surface area (Å²) in [6.45, 7) is 1.17. The molecule has 0 bridgehead atoms. The van der Waals surface area contributed by atoms with Gasteiger partial charge in [-0.1, -0.05) is 46.3 Å². The van der Waals surface area contributed by atoms with Crippen LogP contribution in [0, 0.1) is 0 Å². The molecule has 122 valence electrons. The average molecular weight is 376 g/mol. The van der Waals surface area contributed by atoms with Gasteiger partial charge < -0.3 is 15.2 Å². The number of aliphatic hydroxyl groups excluding tert-OH is 1. The van der Waals surface area contributed by atoms with Crippen LogP contribution in [0.2, 0.25) is 0 Å². The number of benzene rings is 2. The monoisotopic (exact) mass is 375 g/mol. The summed E-state index contributed by atoms with van der Waals surface area (Å²) < 4.78 is 6.46. The van der Waals surface area contributed by atoms with Crippen molar-refractivity contribution in [1.82, 2.24) is 5.32 Å². The predicted molar refractivity (Wildman–Crippen MR) is 95.7 cm³/mol. The lowest BCUT2D eigenvalue weighted by Gasteiger charge is -2.26. The molecule has 0 aromatic heterocycles. The third kappa shape index (κ3) is 4.14. The molecule has 2 aromatic carbocycles. The summed E-state index contributed by atoms with van der Waals surface area (Å²) in [7, 11) is 0. The Bertz CT molecular complexity index is 660. The fourth-order valence-electron chi connectivity index (χ4n) is 3.12. The van der Waals surface area contributed by atoms with Crippen molar-refractivity contribution in [3.05, 3.63) is 63.6 Å². The first-order chi connectivity index (χ1) is 11.3. The van der Waals surface area contributed by atoms with Gasteiger partial charge in [0.05, 0.1) is 6.61 Å². The molecule has 0 fully saturated rings. The third-order valence-electron chi connectivity index (χ3n) is 4.29. The van der Waals surface area contributed by atoms with Gasteiger partial charge in [0.15, 0.2) is 0 Å². The summed E-state index contributed by atoms with van der Waals surface area (Å²) in [6, 6.07) is 15.1.